The van der Waals surface area contributed by atoms with Crippen molar-refractivity contribution in [2.24, 2.45) is 0 Å². The highest BCUT2D eigenvalue weighted by Gasteiger charge is 2.30. The number of hydrogen-bond acceptors (Lipinski definition) is 5. The monoisotopic (exact) mass is 434 g/mol. The van der Waals surface area contributed by atoms with Crippen molar-refractivity contribution >= 4 is 39.9 Å². The van der Waals surface area contributed by atoms with E-state index in [0.29, 0.717) is 10.8 Å². The van der Waals surface area contributed by atoms with Gasteiger partial charge in [-0.05, 0) is 24.1 Å². The minimum Gasteiger partial charge on any atom is -0.350 e. The number of fused-ring (bicyclic) bond motifs is 1. The molecule has 0 saturated heterocycles. The zero-order valence-electron chi connectivity index (χ0n) is 17.1. The first-order valence-corrected chi connectivity index (χ1v) is 10.8. The van der Waals surface area contributed by atoms with Gasteiger partial charge in [-0.15, -0.1) is 11.3 Å². The van der Waals surface area contributed by atoms with Crippen molar-refractivity contribution in [3.05, 3.63) is 65.0 Å². The SMILES string of the molecule is CC(=O)NC(C)c1ccc(-c2csc(NC(=O)C3CC(=O)Nc4ccccc43)n2)cc1. The summed E-state index contributed by atoms with van der Waals surface area (Å²) < 4.78 is 0. The van der Waals surface area contributed by atoms with E-state index in [1.165, 1.54) is 18.3 Å². The summed E-state index contributed by atoms with van der Waals surface area (Å²) in [5, 5.41) is 10.9. The number of amides is 3. The lowest BCUT2D eigenvalue weighted by Gasteiger charge is -2.24. The van der Waals surface area contributed by atoms with E-state index in [-0.39, 0.29) is 30.2 Å². The van der Waals surface area contributed by atoms with Gasteiger partial charge in [-0.3, -0.25) is 14.4 Å². The second kappa shape index (κ2) is 8.69. The quantitative estimate of drug-likeness (QED) is 0.563. The van der Waals surface area contributed by atoms with E-state index in [9.17, 15) is 14.4 Å². The molecule has 2 aromatic carbocycles. The fourth-order valence-electron chi connectivity index (χ4n) is 3.63. The van der Waals surface area contributed by atoms with Crippen molar-refractivity contribution in [3.8, 4) is 11.3 Å². The number of carbonyl (C=O) groups is 3. The molecule has 3 amide bonds. The number of hydrogen-bond donors (Lipinski definition) is 3. The molecule has 3 aromatic rings. The van der Waals surface area contributed by atoms with Crippen LogP contribution in [0.15, 0.2) is 53.9 Å². The maximum Gasteiger partial charge on any atom is 0.234 e. The average Bonchev–Trinajstić information content (AvgIpc) is 3.21. The largest absolute Gasteiger partial charge is 0.350 e. The molecule has 8 heteroatoms. The number of carbonyl (C=O) groups excluding carboxylic acids is 3. The molecule has 1 aliphatic heterocycles. The van der Waals surface area contributed by atoms with Crippen molar-refractivity contribution < 1.29 is 14.4 Å². The highest BCUT2D eigenvalue weighted by molar-refractivity contribution is 7.14. The van der Waals surface area contributed by atoms with Gasteiger partial charge in [-0.2, -0.15) is 0 Å². The van der Waals surface area contributed by atoms with Crippen LogP contribution in [0.25, 0.3) is 11.3 Å². The van der Waals surface area contributed by atoms with Crippen molar-refractivity contribution in [3.63, 3.8) is 0 Å². The second-order valence-corrected chi connectivity index (χ2v) is 8.32. The highest BCUT2D eigenvalue weighted by atomic mass is 32.1. The van der Waals surface area contributed by atoms with Crippen LogP contribution in [0.4, 0.5) is 10.8 Å². The molecule has 7 nitrogen and oxygen atoms in total. The third kappa shape index (κ3) is 4.64. The Morgan fingerprint density at radius 2 is 1.90 bits per heavy atom. The van der Waals surface area contributed by atoms with Crippen LogP contribution in [0.1, 0.15) is 43.4 Å². The molecule has 0 bridgehead atoms. The lowest BCUT2D eigenvalue weighted by molar-refractivity contribution is -0.123. The van der Waals surface area contributed by atoms with Crippen molar-refractivity contribution in [2.75, 3.05) is 10.6 Å². The van der Waals surface area contributed by atoms with Crippen LogP contribution in [0.5, 0.6) is 0 Å². The van der Waals surface area contributed by atoms with Crippen LogP contribution < -0.4 is 16.0 Å². The topological polar surface area (TPSA) is 100 Å². The molecule has 31 heavy (non-hydrogen) atoms. The van der Waals surface area contributed by atoms with Gasteiger partial charge >= 0.3 is 0 Å². The zero-order chi connectivity index (χ0) is 22.0. The normalized spacial score (nSPS) is 16.1. The molecular formula is C23H22N4O3S. The molecule has 0 aliphatic carbocycles. The Hall–Kier alpha value is -3.52. The van der Waals surface area contributed by atoms with Gasteiger partial charge in [0, 0.05) is 30.0 Å². The van der Waals surface area contributed by atoms with Crippen LogP contribution in [0.2, 0.25) is 0 Å². The third-order valence-electron chi connectivity index (χ3n) is 5.18. The summed E-state index contributed by atoms with van der Waals surface area (Å²) in [6.07, 6.45) is 0.106. The van der Waals surface area contributed by atoms with E-state index in [1.54, 1.807) is 6.07 Å². The highest BCUT2D eigenvalue weighted by Crippen LogP contribution is 2.33. The maximum absolute atomic E-state index is 12.9. The summed E-state index contributed by atoms with van der Waals surface area (Å²) in [5.41, 5.74) is 4.14. The maximum atomic E-state index is 12.9. The molecule has 1 aromatic heterocycles. The molecule has 0 spiro atoms. The van der Waals surface area contributed by atoms with Crippen LogP contribution in [-0.4, -0.2) is 22.7 Å². The molecule has 2 heterocycles. The van der Waals surface area contributed by atoms with Crippen LogP contribution >= 0.6 is 11.3 Å². The minimum atomic E-state index is -0.549. The summed E-state index contributed by atoms with van der Waals surface area (Å²) in [4.78, 5) is 40.6. The van der Waals surface area contributed by atoms with Gasteiger partial charge in [-0.25, -0.2) is 4.98 Å². The Kier molecular flexibility index (Phi) is 5.81. The first kappa shape index (κ1) is 20.7. The lowest BCUT2D eigenvalue weighted by Crippen LogP contribution is -2.30. The van der Waals surface area contributed by atoms with Gasteiger partial charge in [-0.1, -0.05) is 42.5 Å². The first-order chi connectivity index (χ1) is 14.9. The van der Waals surface area contributed by atoms with Gasteiger partial charge in [0.1, 0.15) is 0 Å². The Morgan fingerprint density at radius 3 is 2.65 bits per heavy atom. The molecule has 0 saturated carbocycles. The number of para-hydroxylation sites is 1. The van der Waals surface area contributed by atoms with E-state index in [2.05, 4.69) is 20.9 Å². The van der Waals surface area contributed by atoms with E-state index in [0.717, 1.165) is 22.4 Å². The molecule has 4 rings (SSSR count). The van der Waals surface area contributed by atoms with Crippen LogP contribution in [0.3, 0.4) is 0 Å². The molecule has 3 N–H and O–H groups in total. The number of benzene rings is 2. The van der Waals surface area contributed by atoms with Crippen LogP contribution in [0, 0.1) is 0 Å². The van der Waals surface area contributed by atoms with Crippen molar-refractivity contribution in [2.45, 2.75) is 32.2 Å². The average molecular weight is 435 g/mol. The molecule has 2 unspecified atom stereocenters. The van der Waals surface area contributed by atoms with Crippen molar-refractivity contribution in [1.29, 1.82) is 0 Å². The van der Waals surface area contributed by atoms with Crippen LogP contribution in [-0.2, 0) is 14.4 Å². The van der Waals surface area contributed by atoms with Crippen molar-refractivity contribution in [1.82, 2.24) is 10.3 Å². The summed E-state index contributed by atoms with van der Waals surface area (Å²) in [6, 6.07) is 15.0. The zero-order valence-corrected chi connectivity index (χ0v) is 18.0. The van der Waals surface area contributed by atoms with E-state index < -0.39 is 5.92 Å². The standard InChI is InChI=1S/C23H22N4O3S/c1-13(24-14(2)28)15-7-9-16(10-8-15)20-12-31-23(26-20)27-22(30)18-11-21(29)25-19-6-4-3-5-17(18)19/h3-10,12-13,18H,11H2,1-2H3,(H,24,28)(H,25,29)(H,26,27,30). The number of rotatable bonds is 5. The number of nitrogens with one attached hydrogen (secondary N) is 3. The van der Waals surface area contributed by atoms with E-state index in [1.807, 2.05) is 54.8 Å². The summed E-state index contributed by atoms with van der Waals surface area (Å²) >= 11 is 1.34. The Morgan fingerprint density at radius 1 is 1.16 bits per heavy atom. The Balaban J connectivity index is 1.47. The smallest absolute Gasteiger partial charge is 0.234 e. The van der Waals surface area contributed by atoms with E-state index in [4.69, 9.17) is 0 Å². The van der Waals surface area contributed by atoms with Gasteiger partial charge in [0.2, 0.25) is 17.7 Å². The molecular weight excluding hydrogens is 412 g/mol. The number of thiazole rings is 1. The van der Waals surface area contributed by atoms with E-state index >= 15 is 0 Å². The van der Waals surface area contributed by atoms with Gasteiger partial charge in [0.25, 0.3) is 0 Å². The molecule has 2 atom stereocenters. The summed E-state index contributed by atoms with van der Waals surface area (Å²) in [6.45, 7) is 3.42. The molecule has 0 fully saturated rings. The van der Waals surface area contributed by atoms with Gasteiger partial charge in [0.05, 0.1) is 17.7 Å². The molecule has 0 radical (unpaired) electrons. The van der Waals surface area contributed by atoms with Gasteiger partial charge < -0.3 is 16.0 Å². The first-order valence-electron chi connectivity index (χ1n) is 9.93. The predicted molar refractivity (Wildman–Crippen MR) is 121 cm³/mol. The summed E-state index contributed by atoms with van der Waals surface area (Å²) in [5.74, 6) is -1.05. The fourth-order valence-corrected chi connectivity index (χ4v) is 4.35. The lowest BCUT2D eigenvalue weighted by atomic mass is 9.90. The van der Waals surface area contributed by atoms with Gasteiger partial charge in [0.15, 0.2) is 5.13 Å². The Labute approximate surface area is 183 Å². The second-order valence-electron chi connectivity index (χ2n) is 7.46. The predicted octanol–water partition coefficient (Wildman–Crippen LogP) is 4.07. The molecule has 158 valence electrons. The number of aromatic nitrogens is 1. The minimum absolute atomic E-state index is 0.0745. The number of anilines is 2. The molecule has 1 aliphatic rings. The summed E-state index contributed by atoms with van der Waals surface area (Å²) in [7, 11) is 0. The third-order valence-corrected chi connectivity index (χ3v) is 5.93. The number of nitrogens with zero attached hydrogens (tertiary/aromatic N) is 1. The Bertz CT molecular complexity index is 1140. The fraction of sp³-hybridized carbons (Fsp3) is 0.217.